The van der Waals surface area contributed by atoms with Crippen molar-refractivity contribution in [3.05, 3.63) is 63.4 Å². The standard InChI is InChI=1S/C26H30Cl2FN3O4/c1-3-25(4-2)26(17-9-8-14(27)12-19(17)31-24(26)36)20(16-6-5-7-18(28)21(16)29)22(32-25)23(35)30-11-10-15(34)13-33/h5-9,12,15,20,22,32-34H,3-4,10-11,13H2,1-2H3,(H,30,35)(H,31,36)/t15-,20-,22+,26+/m0/s1. The molecule has 2 amide bonds. The fourth-order valence-corrected chi connectivity index (χ4v) is 6.45. The van der Waals surface area contributed by atoms with E-state index >= 15 is 4.39 Å². The summed E-state index contributed by atoms with van der Waals surface area (Å²) in [6.45, 7) is 3.54. The van der Waals surface area contributed by atoms with E-state index in [1.807, 2.05) is 13.8 Å². The van der Waals surface area contributed by atoms with Gasteiger partial charge in [0.1, 0.15) is 11.2 Å². The van der Waals surface area contributed by atoms with E-state index in [1.54, 1.807) is 30.3 Å². The molecule has 0 aliphatic carbocycles. The lowest BCUT2D eigenvalue weighted by molar-refractivity contribution is -0.124. The van der Waals surface area contributed by atoms with Gasteiger partial charge in [0.15, 0.2) is 0 Å². The van der Waals surface area contributed by atoms with Crippen LogP contribution in [0.25, 0.3) is 0 Å². The minimum atomic E-state index is -1.34. The molecule has 0 unspecified atom stereocenters. The maximum Gasteiger partial charge on any atom is 0.237 e. The average Bonchev–Trinajstić information content (AvgIpc) is 3.33. The lowest BCUT2D eigenvalue weighted by Gasteiger charge is -2.44. The zero-order chi connectivity index (χ0) is 26.3. The van der Waals surface area contributed by atoms with Crippen LogP contribution in [0.4, 0.5) is 10.1 Å². The van der Waals surface area contributed by atoms with Gasteiger partial charge in [-0.2, -0.15) is 0 Å². The largest absolute Gasteiger partial charge is 0.394 e. The second kappa shape index (κ2) is 10.3. The minimum Gasteiger partial charge on any atom is -0.394 e. The summed E-state index contributed by atoms with van der Waals surface area (Å²) in [6, 6.07) is 8.72. The van der Waals surface area contributed by atoms with Crippen molar-refractivity contribution in [1.29, 1.82) is 0 Å². The molecule has 4 rings (SSSR count). The van der Waals surface area contributed by atoms with E-state index < -0.39 is 47.3 Å². The molecule has 1 fully saturated rings. The van der Waals surface area contributed by atoms with Gasteiger partial charge < -0.3 is 20.8 Å². The number of rotatable bonds is 8. The highest BCUT2D eigenvalue weighted by molar-refractivity contribution is 6.31. The van der Waals surface area contributed by atoms with E-state index in [-0.39, 0.29) is 29.5 Å². The summed E-state index contributed by atoms with van der Waals surface area (Å²) < 4.78 is 15.7. The number of fused-ring (bicyclic) bond motifs is 2. The van der Waals surface area contributed by atoms with Crippen molar-refractivity contribution < 1.29 is 24.2 Å². The average molecular weight is 538 g/mol. The molecule has 0 saturated carbocycles. The fourth-order valence-electron chi connectivity index (χ4n) is 6.10. The first kappa shape index (κ1) is 26.8. The number of anilines is 1. The Bertz CT molecular complexity index is 1180. The highest BCUT2D eigenvalue weighted by Crippen LogP contribution is 2.61. The predicted octanol–water partition coefficient (Wildman–Crippen LogP) is 3.50. The molecule has 10 heteroatoms. The third-order valence-corrected chi connectivity index (χ3v) is 8.32. The summed E-state index contributed by atoms with van der Waals surface area (Å²) in [5.41, 5.74) is -0.910. The van der Waals surface area contributed by atoms with Crippen molar-refractivity contribution in [2.75, 3.05) is 18.5 Å². The zero-order valence-electron chi connectivity index (χ0n) is 20.1. The molecule has 2 aliphatic rings. The number of carbonyl (C=O) groups is 2. The summed E-state index contributed by atoms with van der Waals surface area (Å²) in [6.07, 6.45) is 0.122. The molecule has 1 spiro atoms. The van der Waals surface area contributed by atoms with Gasteiger partial charge >= 0.3 is 0 Å². The van der Waals surface area contributed by atoms with Crippen LogP contribution in [0.2, 0.25) is 10.0 Å². The number of nitrogens with one attached hydrogen (secondary N) is 3. The number of aliphatic hydroxyl groups is 2. The number of halogens is 3. The van der Waals surface area contributed by atoms with Crippen molar-refractivity contribution in [1.82, 2.24) is 10.6 Å². The molecule has 5 N–H and O–H groups in total. The molecule has 0 aromatic heterocycles. The predicted molar refractivity (Wildman–Crippen MR) is 137 cm³/mol. The topological polar surface area (TPSA) is 111 Å². The molecule has 1 saturated heterocycles. The summed E-state index contributed by atoms with van der Waals surface area (Å²) in [5, 5.41) is 28.3. The number of amides is 2. The monoisotopic (exact) mass is 537 g/mol. The van der Waals surface area contributed by atoms with Crippen molar-refractivity contribution in [2.45, 2.75) is 62.1 Å². The summed E-state index contributed by atoms with van der Waals surface area (Å²) in [4.78, 5) is 27.6. The van der Waals surface area contributed by atoms with Gasteiger partial charge in [0.25, 0.3) is 0 Å². The second-order valence-corrected chi connectivity index (χ2v) is 10.2. The van der Waals surface area contributed by atoms with Crippen molar-refractivity contribution >= 4 is 40.7 Å². The van der Waals surface area contributed by atoms with Gasteiger partial charge in [0, 0.05) is 28.7 Å². The van der Waals surface area contributed by atoms with Crippen molar-refractivity contribution in [2.24, 2.45) is 0 Å². The maximum atomic E-state index is 15.7. The number of aliphatic hydroxyl groups excluding tert-OH is 2. The Kier molecular flexibility index (Phi) is 7.65. The Morgan fingerprint density at radius 1 is 1.22 bits per heavy atom. The first-order valence-corrected chi connectivity index (χ1v) is 12.8. The molecular weight excluding hydrogens is 508 g/mol. The number of benzene rings is 2. The zero-order valence-corrected chi connectivity index (χ0v) is 21.6. The lowest BCUT2D eigenvalue weighted by atomic mass is 9.57. The maximum absolute atomic E-state index is 15.7. The van der Waals surface area contributed by atoms with Crippen LogP contribution in [-0.2, 0) is 15.0 Å². The Labute approximate surface area is 219 Å². The number of hydrogen-bond donors (Lipinski definition) is 5. The van der Waals surface area contributed by atoms with Crippen LogP contribution >= 0.6 is 23.2 Å². The molecule has 2 heterocycles. The first-order valence-electron chi connectivity index (χ1n) is 12.1. The Morgan fingerprint density at radius 2 is 1.94 bits per heavy atom. The van der Waals surface area contributed by atoms with Gasteiger partial charge in [-0.05, 0) is 48.6 Å². The van der Waals surface area contributed by atoms with E-state index in [0.717, 1.165) is 0 Å². The molecule has 0 bridgehead atoms. The van der Waals surface area contributed by atoms with Crippen LogP contribution < -0.4 is 16.0 Å². The van der Waals surface area contributed by atoms with E-state index in [9.17, 15) is 14.7 Å². The molecule has 36 heavy (non-hydrogen) atoms. The number of carbonyl (C=O) groups excluding carboxylic acids is 2. The molecule has 2 aromatic carbocycles. The van der Waals surface area contributed by atoms with Crippen LogP contribution in [0, 0.1) is 5.82 Å². The molecular formula is C26H30Cl2FN3O4. The molecule has 2 aliphatic heterocycles. The smallest absolute Gasteiger partial charge is 0.237 e. The molecule has 4 atom stereocenters. The third-order valence-electron chi connectivity index (χ3n) is 7.79. The van der Waals surface area contributed by atoms with E-state index in [1.165, 1.54) is 6.07 Å². The van der Waals surface area contributed by atoms with Crippen LogP contribution in [0.3, 0.4) is 0 Å². The van der Waals surface area contributed by atoms with Crippen molar-refractivity contribution in [3.63, 3.8) is 0 Å². The van der Waals surface area contributed by atoms with Gasteiger partial charge in [-0.1, -0.05) is 55.2 Å². The van der Waals surface area contributed by atoms with Gasteiger partial charge in [0.2, 0.25) is 11.8 Å². The van der Waals surface area contributed by atoms with Gasteiger partial charge in [0.05, 0.1) is 23.8 Å². The first-order chi connectivity index (χ1) is 17.2. The van der Waals surface area contributed by atoms with Gasteiger partial charge in [-0.15, -0.1) is 0 Å². The van der Waals surface area contributed by atoms with Crippen LogP contribution in [0.15, 0.2) is 36.4 Å². The third kappa shape index (κ3) is 4.00. The molecule has 7 nitrogen and oxygen atoms in total. The van der Waals surface area contributed by atoms with Crippen LogP contribution in [-0.4, -0.2) is 52.9 Å². The van der Waals surface area contributed by atoms with Gasteiger partial charge in [-0.25, -0.2) is 4.39 Å². The normalized spacial score (nSPS) is 25.0. The minimum absolute atomic E-state index is 0.0974. The second-order valence-electron chi connectivity index (χ2n) is 9.40. The highest BCUT2D eigenvalue weighted by atomic mass is 35.5. The molecule has 0 radical (unpaired) electrons. The Morgan fingerprint density at radius 3 is 2.61 bits per heavy atom. The molecule has 194 valence electrons. The number of hydrogen-bond acceptors (Lipinski definition) is 5. The Balaban J connectivity index is 1.93. The van der Waals surface area contributed by atoms with E-state index in [0.29, 0.717) is 29.1 Å². The van der Waals surface area contributed by atoms with E-state index in [4.69, 9.17) is 28.3 Å². The van der Waals surface area contributed by atoms with Crippen molar-refractivity contribution in [3.8, 4) is 0 Å². The van der Waals surface area contributed by atoms with Crippen LogP contribution in [0.1, 0.15) is 50.2 Å². The molecule has 2 aromatic rings. The fraction of sp³-hybridized carbons (Fsp3) is 0.462. The SMILES string of the molecule is CCC1(CC)N[C@@H](C(=O)NCC[C@H](O)CO)[C@H](c2cccc(Cl)c2F)[C@]12C(=O)Nc1cc(Cl)ccc12. The van der Waals surface area contributed by atoms with E-state index in [2.05, 4.69) is 16.0 Å². The Hall–Kier alpha value is -2.23. The highest BCUT2D eigenvalue weighted by Gasteiger charge is 2.71. The van der Waals surface area contributed by atoms with Crippen LogP contribution in [0.5, 0.6) is 0 Å². The summed E-state index contributed by atoms with van der Waals surface area (Å²) >= 11 is 12.4. The quantitative estimate of drug-likeness (QED) is 0.354. The summed E-state index contributed by atoms with van der Waals surface area (Å²) in [5.74, 6) is -2.41. The lowest BCUT2D eigenvalue weighted by Crippen LogP contribution is -2.59. The summed E-state index contributed by atoms with van der Waals surface area (Å²) in [7, 11) is 0. The van der Waals surface area contributed by atoms with Gasteiger partial charge in [-0.3, -0.25) is 14.9 Å².